The highest BCUT2D eigenvalue weighted by molar-refractivity contribution is 7.86. The van der Waals surface area contributed by atoms with E-state index >= 15 is 0 Å². The molecule has 3 rings (SSSR count). The van der Waals surface area contributed by atoms with Gasteiger partial charge in [0.25, 0.3) is 10.1 Å². The van der Waals surface area contributed by atoms with Crippen LogP contribution in [0.4, 0.5) is 0 Å². The molecule has 0 aliphatic heterocycles. The number of ketones is 1. The van der Waals surface area contributed by atoms with Crippen LogP contribution in [0.3, 0.4) is 0 Å². The number of hydrogen-bond acceptors (Lipinski definition) is 7. The fraction of sp³-hybridized carbons (Fsp3) is 0.261. The van der Waals surface area contributed by atoms with Gasteiger partial charge in [-0.2, -0.15) is 8.42 Å². The van der Waals surface area contributed by atoms with Crippen LogP contribution in [0, 0.1) is 6.92 Å². The molecule has 1 aromatic heterocycles. The van der Waals surface area contributed by atoms with Gasteiger partial charge < -0.3 is 4.74 Å². The molecule has 3 aromatic rings. The molecule has 0 radical (unpaired) electrons. The maximum Gasteiger partial charge on any atom is 0.340 e. The molecule has 0 spiro atoms. The molecule has 2 aromatic carbocycles. The molecule has 0 atom stereocenters. The number of rotatable bonds is 9. The highest BCUT2D eigenvalue weighted by Crippen LogP contribution is 2.23. The minimum atomic E-state index is -3.95. The number of para-hydroxylation sites is 1. The van der Waals surface area contributed by atoms with Crippen molar-refractivity contribution in [1.29, 1.82) is 0 Å². The lowest BCUT2D eigenvalue weighted by molar-refractivity contribution is -0.119. The molecule has 0 bridgehead atoms. The number of fused-ring (bicyclic) bond motifs is 1. The number of nitrogens with zero attached hydrogens (tertiary/aromatic N) is 1. The van der Waals surface area contributed by atoms with Crippen LogP contribution >= 0.6 is 0 Å². The molecule has 0 unspecified atom stereocenters. The van der Waals surface area contributed by atoms with E-state index in [4.69, 9.17) is 8.92 Å². The minimum absolute atomic E-state index is 0.0200. The molecule has 9 heteroatoms. The van der Waals surface area contributed by atoms with Crippen LogP contribution in [0.25, 0.3) is 10.9 Å². The summed E-state index contributed by atoms with van der Waals surface area (Å²) < 4.78 is 35.3. The Morgan fingerprint density at radius 3 is 2.31 bits per heavy atom. The van der Waals surface area contributed by atoms with Gasteiger partial charge in [-0.3, -0.25) is 18.3 Å². The average Bonchev–Trinajstić information content (AvgIpc) is 3.17. The summed E-state index contributed by atoms with van der Waals surface area (Å²) in [7, 11) is -2.69. The third-order valence-electron chi connectivity index (χ3n) is 4.93. The molecular weight excluding hydrogens is 434 g/mol. The van der Waals surface area contributed by atoms with Gasteiger partial charge in [-0.05, 0) is 25.1 Å². The van der Waals surface area contributed by atoms with Gasteiger partial charge in [0, 0.05) is 30.8 Å². The number of carbonyl (C=O) groups excluding carboxylic acids is 3. The number of benzene rings is 2. The Hall–Kier alpha value is -3.30. The lowest BCUT2D eigenvalue weighted by Crippen LogP contribution is -2.14. The van der Waals surface area contributed by atoms with E-state index < -0.39 is 16.1 Å². The van der Waals surface area contributed by atoms with Crippen LogP contribution in [0.1, 0.15) is 40.0 Å². The Morgan fingerprint density at radius 1 is 0.938 bits per heavy atom. The van der Waals surface area contributed by atoms with Gasteiger partial charge in [0.1, 0.15) is 5.78 Å². The molecule has 1 heterocycles. The van der Waals surface area contributed by atoms with Gasteiger partial charge in [-0.1, -0.05) is 35.9 Å². The van der Waals surface area contributed by atoms with Crippen molar-refractivity contribution in [2.45, 2.75) is 31.1 Å². The zero-order valence-corrected chi connectivity index (χ0v) is 18.6. The average molecular weight is 458 g/mol. The van der Waals surface area contributed by atoms with Crippen LogP contribution in [0.2, 0.25) is 0 Å². The zero-order chi connectivity index (χ0) is 23.3. The predicted molar refractivity (Wildman–Crippen MR) is 117 cm³/mol. The maximum atomic E-state index is 12.7. The number of aromatic nitrogens is 1. The third kappa shape index (κ3) is 5.30. The second kappa shape index (κ2) is 9.88. The molecule has 0 aliphatic rings. The van der Waals surface area contributed by atoms with E-state index in [1.54, 1.807) is 36.4 Å². The molecule has 32 heavy (non-hydrogen) atoms. The normalized spacial score (nSPS) is 11.4. The smallest absolute Gasteiger partial charge is 0.340 e. The van der Waals surface area contributed by atoms with E-state index in [0.29, 0.717) is 10.9 Å². The van der Waals surface area contributed by atoms with Crippen molar-refractivity contribution >= 4 is 38.7 Å². The first-order chi connectivity index (χ1) is 15.2. The van der Waals surface area contributed by atoms with Crippen molar-refractivity contribution in [1.82, 2.24) is 4.57 Å². The Morgan fingerprint density at radius 2 is 1.62 bits per heavy atom. The van der Waals surface area contributed by atoms with E-state index in [9.17, 15) is 22.8 Å². The van der Waals surface area contributed by atoms with Crippen molar-refractivity contribution in [3.05, 3.63) is 65.9 Å². The molecule has 0 saturated heterocycles. The number of ether oxygens (including phenoxy) is 1. The van der Waals surface area contributed by atoms with E-state index in [1.165, 1.54) is 30.0 Å². The SMILES string of the molecule is COC(=O)c1cn(C(=O)CCC(=O)CCOS(=O)(=O)c2ccc(C)cc2)c2ccccc12. The molecular formula is C23H23NO7S. The number of esters is 1. The number of hydrogen-bond donors (Lipinski definition) is 0. The first-order valence-electron chi connectivity index (χ1n) is 9.92. The summed E-state index contributed by atoms with van der Waals surface area (Å²) in [6.07, 6.45) is 1.09. The van der Waals surface area contributed by atoms with Gasteiger partial charge in [0.15, 0.2) is 0 Å². The molecule has 0 saturated carbocycles. The predicted octanol–water partition coefficient (Wildman–Crippen LogP) is 3.52. The molecule has 8 nitrogen and oxygen atoms in total. The summed E-state index contributed by atoms with van der Waals surface area (Å²) >= 11 is 0. The molecule has 0 fully saturated rings. The first-order valence-corrected chi connectivity index (χ1v) is 11.3. The Kier molecular flexibility index (Phi) is 7.22. The highest BCUT2D eigenvalue weighted by Gasteiger charge is 2.20. The van der Waals surface area contributed by atoms with Crippen molar-refractivity contribution in [2.75, 3.05) is 13.7 Å². The summed E-state index contributed by atoms with van der Waals surface area (Å²) in [6.45, 7) is 1.53. The highest BCUT2D eigenvalue weighted by atomic mass is 32.2. The van der Waals surface area contributed by atoms with Gasteiger partial charge in [-0.15, -0.1) is 0 Å². The second-order valence-electron chi connectivity index (χ2n) is 7.19. The van der Waals surface area contributed by atoms with Crippen LogP contribution in [-0.2, 0) is 23.8 Å². The van der Waals surface area contributed by atoms with Crippen LogP contribution in [0.15, 0.2) is 59.6 Å². The van der Waals surface area contributed by atoms with Crippen LogP contribution in [0.5, 0.6) is 0 Å². The standard InChI is InChI=1S/C23H23NO7S/c1-16-7-10-18(11-8-16)32(28,29)31-14-13-17(25)9-12-22(26)24-15-20(23(27)30-2)19-5-3-4-6-21(19)24/h3-8,10-11,15H,9,12-14H2,1-2H3. The lowest BCUT2D eigenvalue weighted by atomic mass is 10.1. The van der Waals surface area contributed by atoms with E-state index in [-0.39, 0.29) is 48.0 Å². The quantitative estimate of drug-likeness (QED) is 0.357. The largest absolute Gasteiger partial charge is 0.465 e. The molecule has 0 aliphatic carbocycles. The van der Waals surface area contributed by atoms with Crippen molar-refractivity contribution in [3.63, 3.8) is 0 Å². The number of methoxy groups -OCH3 is 1. The summed E-state index contributed by atoms with van der Waals surface area (Å²) in [5.41, 5.74) is 1.72. The fourth-order valence-electron chi connectivity index (χ4n) is 3.19. The van der Waals surface area contributed by atoms with Gasteiger partial charge in [0.05, 0.1) is 29.7 Å². The van der Waals surface area contributed by atoms with E-state index in [2.05, 4.69) is 0 Å². The van der Waals surface area contributed by atoms with Crippen molar-refractivity contribution in [2.24, 2.45) is 0 Å². The van der Waals surface area contributed by atoms with E-state index in [1.807, 2.05) is 6.92 Å². The fourth-order valence-corrected chi connectivity index (χ4v) is 4.10. The molecule has 0 amide bonds. The number of Topliss-reactive ketones (excluding diaryl/α,β-unsaturated/α-hetero) is 1. The summed E-state index contributed by atoms with van der Waals surface area (Å²) in [4.78, 5) is 36.8. The Balaban J connectivity index is 1.57. The van der Waals surface area contributed by atoms with Crippen molar-refractivity contribution < 1.29 is 31.7 Å². The van der Waals surface area contributed by atoms with Gasteiger partial charge >= 0.3 is 5.97 Å². The Bertz CT molecular complexity index is 1260. The molecule has 168 valence electrons. The minimum Gasteiger partial charge on any atom is -0.465 e. The summed E-state index contributed by atoms with van der Waals surface area (Å²) in [5, 5.41) is 0.578. The molecule has 0 N–H and O–H groups in total. The topological polar surface area (TPSA) is 109 Å². The summed E-state index contributed by atoms with van der Waals surface area (Å²) in [6, 6.07) is 13.1. The lowest BCUT2D eigenvalue weighted by Gasteiger charge is -2.06. The van der Waals surface area contributed by atoms with Crippen LogP contribution < -0.4 is 0 Å². The second-order valence-corrected chi connectivity index (χ2v) is 8.81. The van der Waals surface area contributed by atoms with Crippen LogP contribution in [-0.4, -0.2) is 44.4 Å². The summed E-state index contributed by atoms with van der Waals surface area (Å²) in [5.74, 6) is -1.23. The van der Waals surface area contributed by atoms with Crippen molar-refractivity contribution in [3.8, 4) is 0 Å². The monoisotopic (exact) mass is 457 g/mol. The third-order valence-corrected chi connectivity index (χ3v) is 6.26. The van der Waals surface area contributed by atoms with Gasteiger partial charge in [0.2, 0.25) is 5.91 Å². The zero-order valence-electron chi connectivity index (χ0n) is 17.7. The van der Waals surface area contributed by atoms with Gasteiger partial charge in [-0.25, -0.2) is 4.79 Å². The maximum absolute atomic E-state index is 12.7. The first kappa shape index (κ1) is 23.4. The Labute approximate surface area is 185 Å². The number of aryl methyl sites for hydroxylation is 1. The number of carbonyl (C=O) groups is 3. The van der Waals surface area contributed by atoms with E-state index in [0.717, 1.165) is 5.56 Å².